The van der Waals surface area contributed by atoms with Gasteiger partial charge in [-0.2, -0.15) is 0 Å². The second-order valence-corrected chi connectivity index (χ2v) is 6.12. The Labute approximate surface area is 153 Å². The highest BCUT2D eigenvalue weighted by molar-refractivity contribution is 5.74. The summed E-state index contributed by atoms with van der Waals surface area (Å²) in [5.41, 5.74) is 3.23. The zero-order valence-electron chi connectivity index (χ0n) is 15.4. The lowest BCUT2D eigenvalue weighted by Crippen LogP contribution is -2.42. The molecule has 26 heavy (non-hydrogen) atoms. The Kier molecular flexibility index (Phi) is 5.51. The molecule has 2 amide bonds. The van der Waals surface area contributed by atoms with E-state index >= 15 is 0 Å². The van der Waals surface area contributed by atoms with E-state index in [0.717, 1.165) is 29.0 Å². The number of nitrogens with zero attached hydrogens (tertiary/aromatic N) is 1. The van der Waals surface area contributed by atoms with Crippen LogP contribution in [0.3, 0.4) is 0 Å². The standard InChI is InChI=1S/C20H24N2O4/c1-24-17-7-5-4-6-15(17)12-21-20(23)22-9-8-14-10-18(25-2)19(26-3)11-16(14)13-22/h4-7,10-11H,8-9,12-13H2,1-3H3,(H,21,23). The molecule has 0 bridgehead atoms. The number of hydrogen-bond donors (Lipinski definition) is 1. The third kappa shape index (κ3) is 3.69. The van der Waals surface area contributed by atoms with Crippen LogP contribution >= 0.6 is 0 Å². The largest absolute Gasteiger partial charge is 0.496 e. The van der Waals surface area contributed by atoms with Crippen LogP contribution in [0.4, 0.5) is 4.79 Å². The average molecular weight is 356 g/mol. The van der Waals surface area contributed by atoms with E-state index in [4.69, 9.17) is 14.2 Å². The van der Waals surface area contributed by atoms with Crippen LogP contribution < -0.4 is 19.5 Å². The molecule has 2 aromatic carbocycles. The van der Waals surface area contributed by atoms with Gasteiger partial charge in [-0.1, -0.05) is 18.2 Å². The molecule has 1 heterocycles. The number of rotatable bonds is 5. The molecule has 0 spiro atoms. The molecule has 6 heteroatoms. The third-order valence-electron chi connectivity index (χ3n) is 4.63. The van der Waals surface area contributed by atoms with Crippen LogP contribution in [0.15, 0.2) is 36.4 Å². The number of benzene rings is 2. The first-order chi connectivity index (χ1) is 12.7. The Balaban J connectivity index is 1.67. The van der Waals surface area contributed by atoms with Gasteiger partial charge in [0.15, 0.2) is 11.5 Å². The average Bonchev–Trinajstić information content (AvgIpc) is 2.70. The molecule has 0 atom stereocenters. The van der Waals surface area contributed by atoms with Crippen molar-refractivity contribution in [2.45, 2.75) is 19.5 Å². The number of para-hydroxylation sites is 1. The molecule has 1 aliphatic heterocycles. The Morgan fingerprint density at radius 1 is 1.00 bits per heavy atom. The van der Waals surface area contributed by atoms with E-state index in [1.54, 1.807) is 21.3 Å². The van der Waals surface area contributed by atoms with Crippen LogP contribution in [-0.2, 0) is 19.5 Å². The number of amides is 2. The summed E-state index contributed by atoms with van der Waals surface area (Å²) in [6.07, 6.45) is 0.789. The Bertz CT molecular complexity index is 791. The predicted molar refractivity (Wildman–Crippen MR) is 98.9 cm³/mol. The number of nitrogens with one attached hydrogen (secondary N) is 1. The van der Waals surface area contributed by atoms with Gasteiger partial charge in [0.05, 0.1) is 21.3 Å². The molecule has 1 aliphatic rings. The molecule has 6 nitrogen and oxygen atoms in total. The van der Waals surface area contributed by atoms with E-state index < -0.39 is 0 Å². The van der Waals surface area contributed by atoms with Crippen molar-refractivity contribution in [3.05, 3.63) is 53.1 Å². The molecule has 0 radical (unpaired) electrons. The van der Waals surface area contributed by atoms with Gasteiger partial charge in [0, 0.05) is 25.2 Å². The SMILES string of the molecule is COc1ccccc1CNC(=O)N1CCc2cc(OC)c(OC)cc2C1. The topological polar surface area (TPSA) is 60.0 Å². The van der Waals surface area contributed by atoms with E-state index in [9.17, 15) is 4.79 Å². The summed E-state index contributed by atoms with van der Waals surface area (Å²) in [6, 6.07) is 11.5. The lowest BCUT2D eigenvalue weighted by atomic mass is 9.99. The van der Waals surface area contributed by atoms with E-state index in [-0.39, 0.29) is 6.03 Å². The lowest BCUT2D eigenvalue weighted by Gasteiger charge is -2.29. The van der Waals surface area contributed by atoms with E-state index in [0.29, 0.717) is 25.4 Å². The summed E-state index contributed by atoms with van der Waals surface area (Å²) in [6.45, 7) is 1.64. The normalized spacial score (nSPS) is 13.0. The molecule has 0 unspecified atom stereocenters. The number of methoxy groups -OCH3 is 3. The van der Waals surface area contributed by atoms with E-state index in [2.05, 4.69) is 5.32 Å². The molecule has 1 N–H and O–H groups in total. The fraction of sp³-hybridized carbons (Fsp3) is 0.350. The van der Waals surface area contributed by atoms with Crippen LogP contribution in [0.5, 0.6) is 17.2 Å². The summed E-state index contributed by atoms with van der Waals surface area (Å²) < 4.78 is 16.1. The summed E-state index contributed by atoms with van der Waals surface area (Å²) in [4.78, 5) is 14.4. The van der Waals surface area contributed by atoms with Crippen molar-refractivity contribution in [2.75, 3.05) is 27.9 Å². The predicted octanol–water partition coefficient (Wildman–Crippen LogP) is 2.98. The molecule has 138 valence electrons. The quantitative estimate of drug-likeness (QED) is 0.895. The molecule has 0 aromatic heterocycles. The minimum Gasteiger partial charge on any atom is -0.496 e. The third-order valence-corrected chi connectivity index (χ3v) is 4.63. The Morgan fingerprint density at radius 2 is 1.65 bits per heavy atom. The van der Waals surface area contributed by atoms with Crippen LogP contribution in [0.25, 0.3) is 0 Å². The zero-order valence-corrected chi connectivity index (χ0v) is 15.4. The number of ether oxygens (including phenoxy) is 3. The molecule has 0 fully saturated rings. The Morgan fingerprint density at radius 3 is 2.35 bits per heavy atom. The van der Waals surface area contributed by atoms with Gasteiger partial charge < -0.3 is 24.4 Å². The molecule has 0 aliphatic carbocycles. The van der Waals surface area contributed by atoms with Gasteiger partial charge in [-0.05, 0) is 35.7 Å². The van der Waals surface area contributed by atoms with Crippen molar-refractivity contribution in [2.24, 2.45) is 0 Å². The maximum atomic E-state index is 12.6. The summed E-state index contributed by atoms with van der Waals surface area (Å²) in [5.74, 6) is 2.18. The Hall–Kier alpha value is -2.89. The van der Waals surface area contributed by atoms with Crippen molar-refractivity contribution >= 4 is 6.03 Å². The van der Waals surface area contributed by atoms with Crippen LogP contribution in [0, 0.1) is 0 Å². The van der Waals surface area contributed by atoms with Crippen molar-refractivity contribution in [1.82, 2.24) is 10.2 Å². The summed E-state index contributed by atoms with van der Waals surface area (Å²) in [7, 11) is 4.87. The van der Waals surface area contributed by atoms with Gasteiger partial charge >= 0.3 is 6.03 Å². The minimum absolute atomic E-state index is 0.0867. The zero-order chi connectivity index (χ0) is 18.5. The summed E-state index contributed by atoms with van der Waals surface area (Å²) >= 11 is 0. The number of fused-ring (bicyclic) bond motifs is 1. The van der Waals surface area contributed by atoms with E-state index in [1.807, 2.05) is 41.3 Å². The fourth-order valence-electron chi connectivity index (χ4n) is 3.19. The van der Waals surface area contributed by atoms with Crippen molar-refractivity contribution in [1.29, 1.82) is 0 Å². The highest BCUT2D eigenvalue weighted by Gasteiger charge is 2.22. The number of carbonyl (C=O) groups excluding carboxylic acids is 1. The molecule has 0 saturated heterocycles. The minimum atomic E-state index is -0.0867. The van der Waals surface area contributed by atoms with E-state index in [1.165, 1.54) is 5.56 Å². The van der Waals surface area contributed by atoms with Gasteiger partial charge in [0.25, 0.3) is 0 Å². The number of urea groups is 1. The van der Waals surface area contributed by atoms with Crippen LogP contribution in [0.1, 0.15) is 16.7 Å². The second-order valence-electron chi connectivity index (χ2n) is 6.12. The maximum Gasteiger partial charge on any atom is 0.317 e. The molecule has 2 aromatic rings. The second kappa shape index (κ2) is 7.99. The lowest BCUT2D eigenvalue weighted by molar-refractivity contribution is 0.191. The summed E-state index contributed by atoms with van der Waals surface area (Å²) in [5, 5.41) is 2.98. The van der Waals surface area contributed by atoms with Crippen molar-refractivity contribution in [3.8, 4) is 17.2 Å². The van der Waals surface area contributed by atoms with Crippen molar-refractivity contribution < 1.29 is 19.0 Å². The van der Waals surface area contributed by atoms with Crippen LogP contribution in [-0.4, -0.2) is 38.8 Å². The highest BCUT2D eigenvalue weighted by atomic mass is 16.5. The van der Waals surface area contributed by atoms with Gasteiger partial charge in [-0.15, -0.1) is 0 Å². The monoisotopic (exact) mass is 356 g/mol. The maximum absolute atomic E-state index is 12.6. The molecular weight excluding hydrogens is 332 g/mol. The van der Waals surface area contributed by atoms with Gasteiger partial charge in [0.1, 0.15) is 5.75 Å². The highest BCUT2D eigenvalue weighted by Crippen LogP contribution is 2.33. The first-order valence-electron chi connectivity index (χ1n) is 8.54. The van der Waals surface area contributed by atoms with Gasteiger partial charge in [-0.25, -0.2) is 4.79 Å². The molecule has 0 saturated carbocycles. The number of carbonyl (C=O) groups is 1. The van der Waals surface area contributed by atoms with Crippen molar-refractivity contribution in [3.63, 3.8) is 0 Å². The first kappa shape index (κ1) is 17.9. The van der Waals surface area contributed by atoms with Gasteiger partial charge in [0.2, 0.25) is 0 Å². The smallest absolute Gasteiger partial charge is 0.317 e. The van der Waals surface area contributed by atoms with Gasteiger partial charge in [-0.3, -0.25) is 0 Å². The molecule has 3 rings (SSSR count). The fourth-order valence-corrected chi connectivity index (χ4v) is 3.19. The first-order valence-corrected chi connectivity index (χ1v) is 8.54. The van der Waals surface area contributed by atoms with Crippen LogP contribution in [0.2, 0.25) is 0 Å². The molecular formula is C20H24N2O4. The number of hydrogen-bond acceptors (Lipinski definition) is 4.